The van der Waals surface area contributed by atoms with E-state index in [2.05, 4.69) is 22.2 Å². The molecule has 19 heavy (non-hydrogen) atoms. The first kappa shape index (κ1) is 17.8. The van der Waals surface area contributed by atoms with Crippen molar-refractivity contribution in [1.29, 1.82) is 0 Å². The summed E-state index contributed by atoms with van der Waals surface area (Å²) >= 11 is 0. The number of rotatable bonds is 8. The number of unbranched alkanes of at least 4 members (excludes halogenated alkanes) is 1. The van der Waals surface area contributed by atoms with Crippen molar-refractivity contribution in [2.45, 2.75) is 32.8 Å². The van der Waals surface area contributed by atoms with Crippen LogP contribution in [0, 0.1) is 0 Å². The molecule has 0 amide bonds. The molecule has 110 valence electrons. The maximum absolute atomic E-state index is 5.61. The van der Waals surface area contributed by atoms with E-state index in [1.54, 1.807) is 13.3 Å². The summed E-state index contributed by atoms with van der Waals surface area (Å²) in [7, 11) is 1.65. The lowest BCUT2D eigenvalue weighted by molar-refractivity contribution is 0.0717. The number of anilines is 2. The van der Waals surface area contributed by atoms with E-state index in [4.69, 9.17) is 15.2 Å². The fourth-order valence-electron chi connectivity index (χ4n) is 1.28. The van der Waals surface area contributed by atoms with E-state index in [-0.39, 0.29) is 25.5 Å². The molecule has 1 heterocycles. The summed E-state index contributed by atoms with van der Waals surface area (Å²) in [6.45, 7) is 5.35. The molecule has 7 heteroatoms. The van der Waals surface area contributed by atoms with Gasteiger partial charge in [0, 0.05) is 13.7 Å². The van der Waals surface area contributed by atoms with Crippen LogP contribution in [0.25, 0.3) is 0 Å². The van der Waals surface area contributed by atoms with Gasteiger partial charge in [0.25, 0.3) is 0 Å². The maximum Gasteiger partial charge on any atom is 0.222 e. The summed E-state index contributed by atoms with van der Waals surface area (Å²) < 4.78 is 10.7. The Bertz CT molecular complexity index is 366. The van der Waals surface area contributed by atoms with Gasteiger partial charge in [-0.3, -0.25) is 0 Å². The first-order valence-electron chi connectivity index (χ1n) is 6.19. The Morgan fingerprint density at radius 2 is 2.21 bits per heavy atom. The fourth-order valence-corrected chi connectivity index (χ4v) is 1.28. The zero-order valence-corrected chi connectivity index (χ0v) is 12.8. The van der Waals surface area contributed by atoms with Crippen molar-refractivity contribution >= 4 is 25.3 Å². The number of nitrogens with zero attached hydrogens (tertiary/aromatic N) is 2. The van der Waals surface area contributed by atoms with Crippen LogP contribution in [-0.2, 0) is 4.74 Å². The average molecular weight is 288 g/mol. The van der Waals surface area contributed by atoms with E-state index >= 15 is 0 Å². The molecule has 0 aliphatic rings. The number of methoxy groups -OCH3 is 1. The van der Waals surface area contributed by atoms with E-state index in [1.165, 1.54) is 0 Å². The molecule has 0 aliphatic carbocycles. The highest BCUT2D eigenvalue weighted by Crippen LogP contribution is 2.21. The van der Waals surface area contributed by atoms with Gasteiger partial charge >= 0.3 is 0 Å². The summed E-state index contributed by atoms with van der Waals surface area (Å²) in [4.78, 5) is 8.07. The predicted octanol–water partition coefficient (Wildman–Crippen LogP) is 1.80. The van der Waals surface area contributed by atoms with Crippen molar-refractivity contribution in [2.75, 3.05) is 31.3 Å². The predicted molar refractivity (Wildman–Crippen MR) is 82.2 cm³/mol. The number of nitrogen functional groups attached to an aromatic ring is 1. The van der Waals surface area contributed by atoms with E-state index in [1.807, 2.05) is 6.92 Å². The van der Waals surface area contributed by atoms with Crippen molar-refractivity contribution in [1.82, 2.24) is 9.97 Å². The molecule has 0 saturated heterocycles. The molecule has 1 atom stereocenters. The molecule has 1 aromatic rings. The van der Waals surface area contributed by atoms with Gasteiger partial charge in [0.15, 0.2) is 11.6 Å². The van der Waals surface area contributed by atoms with Crippen molar-refractivity contribution < 1.29 is 9.47 Å². The zero-order valence-electron chi connectivity index (χ0n) is 11.8. The van der Waals surface area contributed by atoms with Crippen molar-refractivity contribution in [2.24, 2.45) is 0 Å². The summed E-state index contributed by atoms with van der Waals surface area (Å²) in [5, 5.41) is 3.20. The van der Waals surface area contributed by atoms with E-state index in [9.17, 15) is 0 Å². The number of aromatic nitrogens is 2. The average Bonchev–Trinajstić information content (AvgIpc) is 2.37. The van der Waals surface area contributed by atoms with E-state index in [0.717, 1.165) is 19.4 Å². The number of hydrogen-bond acceptors (Lipinski definition) is 6. The van der Waals surface area contributed by atoms with Gasteiger partial charge in [-0.2, -0.15) is 18.5 Å². The molecular weight excluding hydrogens is 264 g/mol. The smallest absolute Gasteiger partial charge is 0.222 e. The lowest BCUT2D eigenvalue weighted by atomic mass is 10.3. The third kappa shape index (κ3) is 6.49. The topological polar surface area (TPSA) is 82.3 Å². The number of ether oxygens (including phenoxy) is 2. The van der Waals surface area contributed by atoms with Gasteiger partial charge < -0.3 is 20.5 Å². The molecule has 0 bridgehead atoms. The molecule has 0 aromatic carbocycles. The summed E-state index contributed by atoms with van der Waals surface area (Å²) in [6.07, 6.45) is 3.78. The SMILES string of the molecule is CCCCNc1nc(N)ncc1OC[C@H](C)OC.S. The second-order valence-corrected chi connectivity index (χ2v) is 4.08. The van der Waals surface area contributed by atoms with Crippen LogP contribution in [0.1, 0.15) is 26.7 Å². The van der Waals surface area contributed by atoms with Crippen molar-refractivity contribution in [3.8, 4) is 5.75 Å². The van der Waals surface area contributed by atoms with Crippen LogP contribution in [0.4, 0.5) is 11.8 Å². The standard InChI is InChI=1S/C12H22N4O2.H2S/c1-4-5-6-14-11-10(7-15-12(13)16-11)18-8-9(2)17-3;/h7,9H,4-6,8H2,1-3H3,(H3,13,14,15,16);1H2/t9-;/m0./s1. The molecule has 3 N–H and O–H groups in total. The third-order valence-corrected chi connectivity index (χ3v) is 2.47. The minimum atomic E-state index is 0. The number of hydrogen-bond donors (Lipinski definition) is 2. The minimum Gasteiger partial charge on any atom is -0.485 e. The van der Waals surface area contributed by atoms with Gasteiger partial charge in [-0.25, -0.2) is 4.98 Å². The molecular formula is C12H24N4O2S. The van der Waals surface area contributed by atoms with Gasteiger partial charge in [0.2, 0.25) is 5.95 Å². The number of nitrogens with one attached hydrogen (secondary N) is 1. The van der Waals surface area contributed by atoms with Gasteiger partial charge in [0.05, 0.1) is 12.3 Å². The van der Waals surface area contributed by atoms with Crippen molar-refractivity contribution in [3.05, 3.63) is 6.20 Å². The lowest BCUT2D eigenvalue weighted by Gasteiger charge is -2.14. The second kappa shape index (κ2) is 9.69. The summed E-state index contributed by atoms with van der Waals surface area (Å²) in [5.74, 6) is 1.48. The van der Waals surface area contributed by atoms with E-state index < -0.39 is 0 Å². The van der Waals surface area contributed by atoms with Crippen LogP contribution < -0.4 is 15.8 Å². The largest absolute Gasteiger partial charge is 0.485 e. The first-order chi connectivity index (χ1) is 8.67. The second-order valence-electron chi connectivity index (χ2n) is 4.08. The van der Waals surface area contributed by atoms with Gasteiger partial charge in [-0.1, -0.05) is 13.3 Å². The molecule has 1 rings (SSSR count). The van der Waals surface area contributed by atoms with Crippen LogP contribution in [0.3, 0.4) is 0 Å². The summed E-state index contributed by atoms with van der Waals surface area (Å²) in [6, 6.07) is 0. The zero-order chi connectivity index (χ0) is 13.4. The minimum absolute atomic E-state index is 0. The third-order valence-electron chi connectivity index (χ3n) is 2.47. The quantitative estimate of drug-likeness (QED) is 0.710. The highest BCUT2D eigenvalue weighted by atomic mass is 32.1. The Balaban J connectivity index is 0.00000324. The van der Waals surface area contributed by atoms with Crippen LogP contribution in [0.2, 0.25) is 0 Å². The molecule has 0 spiro atoms. The molecule has 1 aromatic heterocycles. The molecule has 0 radical (unpaired) electrons. The van der Waals surface area contributed by atoms with Crippen LogP contribution in [0.5, 0.6) is 5.75 Å². The Hall–Kier alpha value is -1.21. The molecule has 0 fully saturated rings. The van der Waals surface area contributed by atoms with Crippen molar-refractivity contribution in [3.63, 3.8) is 0 Å². The highest BCUT2D eigenvalue weighted by molar-refractivity contribution is 7.59. The molecule has 0 aliphatic heterocycles. The van der Waals surface area contributed by atoms with Crippen LogP contribution in [0.15, 0.2) is 6.20 Å². The monoisotopic (exact) mass is 288 g/mol. The van der Waals surface area contributed by atoms with Gasteiger partial charge in [0.1, 0.15) is 6.61 Å². The normalized spacial score (nSPS) is 11.5. The first-order valence-corrected chi connectivity index (χ1v) is 6.19. The Morgan fingerprint density at radius 3 is 2.84 bits per heavy atom. The molecule has 0 saturated carbocycles. The Morgan fingerprint density at radius 1 is 1.47 bits per heavy atom. The summed E-state index contributed by atoms with van der Waals surface area (Å²) in [5.41, 5.74) is 5.57. The lowest BCUT2D eigenvalue weighted by Crippen LogP contribution is -2.17. The van der Waals surface area contributed by atoms with Gasteiger partial charge in [-0.15, -0.1) is 0 Å². The highest BCUT2D eigenvalue weighted by Gasteiger charge is 2.08. The molecule has 6 nitrogen and oxygen atoms in total. The molecule has 0 unspecified atom stereocenters. The maximum atomic E-state index is 5.61. The van der Waals surface area contributed by atoms with Crippen LogP contribution in [-0.4, -0.2) is 36.3 Å². The Kier molecular flexibility index (Phi) is 9.07. The van der Waals surface area contributed by atoms with E-state index in [0.29, 0.717) is 18.2 Å². The fraction of sp³-hybridized carbons (Fsp3) is 0.667. The number of nitrogens with two attached hydrogens (primary N) is 1. The van der Waals surface area contributed by atoms with Crippen LogP contribution >= 0.6 is 13.5 Å². The van der Waals surface area contributed by atoms with Gasteiger partial charge in [-0.05, 0) is 13.3 Å². The Labute approximate surface area is 121 Å².